The average Bonchev–Trinajstić information content (AvgIpc) is 2.99. The number of anilines is 1. The minimum absolute atomic E-state index is 0.107. The normalized spacial score (nSPS) is 12.1. The number of aromatic nitrogens is 2. The molecule has 3 aromatic rings. The fourth-order valence-electron chi connectivity index (χ4n) is 2.55. The van der Waals surface area contributed by atoms with E-state index in [0.29, 0.717) is 5.82 Å². The Morgan fingerprint density at radius 3 is 2.75 bits per heavy atom. The Morgan fingerprint density at radius 2 is 2.08 bits per heavy atom. The Bertz CT molecular complexity index is 861. The van der Waals surface area contributed by atoms with E-state index in [-0.39, 0.29) is 18.4 Å². The summed E-state index contributed by atoms with van der Waals surface area (Å²) in [5.74, 6) is 1.17. The number of carbonyl (C=O) groups excluding carboxylic acids is 1. The van der Waals surface area contributed by atoms with Gasteiger partial charge in [0.1, 0.15) is 22.7 Å². The first kappa shape index (κ1) is 16.2. The van der Waals surface area contributed by atoms with Crippen molar-refractivity contribution >= 4 is 33.3 Å². The van der Waals surface area contributed by atoms with Crippen LogP contribution < -0.4 is 15.8 Å². The van der Waals surface area contributed by atoms with Crippen LogP contribution in [0.25, 0.3) is 21.3 Å². The second-order valence-corrected chi connectivity index (χ2v) is 6.35. The Balaban J connectivity index is 2.01. The van der Waals surface area contributed by atoms with Crippen molar-refractivity contribution in [3.8, 4) is 16.9 Å². The van der Waals surface area contributed by atoms with E-state index in [1.165, 1.54) is 6.33 Å². The highest BCUT2D eigenvalue weighted by atomic mass is 32.1. The van der Waals surface area contributed by atoms with Crippen LogP contribution >= 0.6 is 11.3 Å². The SMILES string of the molecule is COc1ccc(-c2csc3ncnc(N[C@H](C)CC(N)=O)c23)cc1. The molecule has 0 aliphatic heterocycles. The van der Waals surface area contributed by atoms with Crippen LogP contribution in [0, 0.1) is 0 Å². The highest BCUT2D eigenvalue weighted by molar-refractivity contribution is 7.17. The topological polar surface area (TPSA) is 90.1 Å². The van der Waals surface area contributed by atoms with Gasteiger partial charge in [0, 0.05) is 23.4 Å². The number of hydrogen-bond acceptors (Lipinski definition) is 6. The number of amides is 1. The van der Waals surface area contributed by atoms with Gasteiger partial charge in [-0.15, -0.1) is 11.3 Å². The average molecular weight is 342 g/mol. The van der Waals surface area contributed by atoms with Crippen LogP contribution in [0.4, 0.5) is 5.82 Å². The van der Waals surface area contributed by atoms with E-state index in [1.807, 2.05) is 31.2 Å². The molecule has 2 aromatic heterocycles. The Morgan fingerprint density at radius 1 is 1.33 bits per heavy atom. The lowest BCUT2D eigenvalue weighted by molar-refractivity contribution is -0.118. The third-order valence-electron chi connectivity index (χ3n) is 3.66. The van der Waals surface area contributed by atoms with Gasteiger partial charge in [-0.05, 0) is 24.6 Å². The number of methoxy groups -OCH3 is 1. The van der Waals surface area contributed by atoms with Crippen molar-refractivity contribution < 1.29 is 9.53 Å². The summed E-state index contributed by atoms with van der Waals surface area (Å²) in [4.78, 5) is 20.7. The molecule has 1 atom stereocenters. The zero-order chi connectivity index (χ0) is 17.1. The lowest BCUT2D eigenvalue weighted by atomic mass is 10.1. The van der Waals surface area contributed by atoms with Crippen LogP contribution in [0.5, 0.6) is 5.75 Å². The monoisotopic (exact) mass is 342 g/mol. The number of hydrogen-bond donors (Lipinski definition) is 2. The molecule has 0 aliphatic carbocycles. The molecular weight excluding hydrogens is 324 g/mol. The predicted molar refractivity (Wildman–Crippen MR) is 96.3 cm³/mol. The van der Waals surface area contributed by atoms with E-state index in [0.717, 1.165) is 27.1 Å². The van der Waals surface area contributed by atoms with Crippen LogP contribution in [0.2, 0.25) is 0 Å². The van der Waals surface area contributed by atoms with Gasteiger partial charge in [0.15, 0.2) is 0 Å². The molecule has 6 nitrogen and oxygen atoms in total. The maximum atomic E-state index is 11.1. The van der Waals surface area contributed by atoms with E-state index in [4.69, 9.17) is 10.5 Å². The van der Waals surface area contributed by atoms with Gasteiger partial charge in [0.2, 0.25) is 5.91 Å². The number of fused-ring (bicyclic) bond motifs is 1. The second-order valence-electron chi connectivity index (χ2n) is 5.50. The number of benzene rings is 1. The van der Waals surface area contributed by atoms with Gasteiger partial charge in [-0.2, -0.15) is 0 Å². The quantitative estimate of drug-likeness (QED) is 0.718. The van der Waals surface area contributed by atoms with E-state index in [2.05, 4.69) is 20.7 Å². The molecule has 0 aliphatic rings. The maximum Gasteiger partial charge on any atom is 0.219 e. The summed E-state index contributed by atoms with van der Waals surface area (Å²) in [5.41, 5.74) is 7.37. The molecule has 0 unspecified atom stereocenters. The molecule has 1 amide bonds. The molecule has 0 saturated heterocycles. The molecule has 7 heteroatoms. The molecule has 3 N–H and O–H groups in total. The molecule has 1 aromatic carbocycles. The highest BCUT2D eigenvalue weighted by Gasteiger charge is 2.15. The van der Waals surface area contributed by atoms with E-state index < -0.39 is 0 Å². The standard InChI is InChI=1S/C17H18N4O2S/c1-10(7-14(18)22)21-16-15-13(8-24-17(15)20-9-19-16)11-3-5-12(23-2)6-4-11/h3-6,8-10H,7H2,1-2H3,(H2,18,22)(H,19,20,21)/t10-/m1/s1. The van der Waals surface area contributed by atoms with Crippen molar-refractivity contribution in [3.63, 3.8) is 0 Å². The molecule has 2 heterocycles. The summed E-state index contributed by atoms with van der Waals surface area (Å²) >= 11 is 1.56. The van der Waals surface area contributed by atoms with Gasteiger partial charge < -0.3 is 15.8 Å². The number of nitrogens with zero attached hydrogens (tertiary/aromatic N) is 2. The van der Waals surface area contributed by atoms with E-state index in [9.17, 15) is 4.79 Å². The molecule has 124 valence electrons. The molecular formula is C17H18N4O2S. The second kappa shape index (κ2) is 6.84. The maximum absolute atomic E-state index is 11.1. The van der Waals surface area contributed by atoms with Crippen LogP contribution in [0.3, 0.4) is 0 Å². The van der Waals surface area contributed by atoms with Gasteiger partial charge in [0.05, 0.1) is 12.5 Å². The van der Waals surface area contributed by atoms with Gasteiger partial charge in [-0.1, -0.05) is 12.1 Å². The summed E-state index contributed by atoms with van der Waals surface area (Å²) in [6, 6.07) is 7.74. The summed E-state index contributed by atoms with van der Waals surface area (Å²) in [6.45, 7) is 1.90. The third-order valence-corrected chi connectivity index (χ3v) is 4.55. The van der Waals surface area contributed by atoms with Crippen molar-refractivity contribution in [3.05, 3.63) is 36.0 Å². The van der Waals surface area contributed by atoms with Crippen LogP contribution in [-0.4, -0.2) is 29.0 Å². The number of carbonyl (C=O) groups is 1. The molecule has 0 saturated carbocycles. The van der Waals surface area contributed by atoms with Crippen molar-refractivity contribution in [2.75, 3.05) is 12.4 Å². The Hall–Kier alpha value is -2.67. The number of nitrogens with two attached hydrogens (primary N) is 1. The summed E-state index contributed by atoms with van der Waals surface area (Å²) < 4.78 is 5.21. The zero-order valence-electron chi connectivity index (χ0n) is 13.4. The summed E-state index contributed by atoms with van der Waals surface area (Å²) in [7, 11) is 1.64. The number of thiophene rings is 1. The third kappa shape index (κ3) is 3.30. The molecule has 0 bridgehead atoms. The van der Waals surface area contributed by atoms with Gasteiger partial charge in [0.25, 0.3) is 0 Å². The summed E-state index contributed by atoms with van der Waals surface area (Å²) in [5, 5.41) is 6.27. The first-order chi connectivity index (χ1) is 11.6. The fourth-order valence-corrected chi connectivity index (χ4v) is 3.47. The van der Waals surface area contributed by atoms with Gasteiger partial charge in [-0.3, -0.25) is 4.79 Å². The van der Waals surface area contributed by atoms with Crippen LogP contribution in [0.15, 0.2) is 36.0 Å². The van der Waals surface area contributed by atoms with Gasteiger partial charge >= 0.3 is 0 Å². The molecule has 0 radical (unpaired) electrons. The highest BCUT2D eigenvalue weighted by Crippen LogP contribution is 2.37. The number of nitrogens with one attached hydrogen (secondary N) is 1. The lowest BCUT2D eigenvalue weighted by Gasteiger charge is -2.14. The number of primary amides is 1. The molecule has 24 heavy (non-hydrogen) atoms. The fraction of sp³-hybridized carbons (Fsp3) is 0.235. The van der Waals surface area contributed by atoms with Crippen molar-refractivity contribution in [2.45, 2.75) is 19.4 Å². The Labute approximate surface area is 143 Å². The van der Waals surface area contributed by atoms with Crippen molar-refractivity contribution in [1.82, 2.24) is 9.97 Å². The zero-order valence-corrected chi connectivity index (χ0v) is 14.3. The van der Waals surface area contributed by atoms with Crippen LogP contribution in [-0.2, 0) is 4.79 Å². The van der Waals surface area contributed by atoms with Gasteiger partial charge in [-0.25, -0.2) is 9.97 Å². The number of ether oxygens (including phenoxy) is 1. The minimum Gasteiger partial charge on any atom is -0.497 e. The predicted octanol–water partition coefficient (Wildman–Crippen LogP) is 3.04. The van der Waals surface area contributed by atoms with Crippen LogP contribution in [0.1, 0.15) is 13.3 Å². The Kier molecular flexibility index (Phi) is 4.61. The minimum atomic E-state index is -0.346. The van der Waals surface area contributed by atoms with Crippen molar-refractivity contribution in [1.29, 1.82) is 0 Å². The molecule has 3 rings (SSSR count). The first-order valence-corrected chi connectivity index (χ1v) is 8.38. The largest absolute Gasteiger partial charge is 0.497 e. The molecule has 0 spiro atoms. The lowest BCUT2D eigenvalue weighted by Crippen LogP contribution is -2.24. The van der Waals surface area contributed by atoms with Crippen molar-refractivity contribution in [2.24, 2.45) is 5.73 Å². The van der Waals surface area contributed by atoms with E-state index >= 15 is 0 Å². The smallest absolute Gasteiger partial charge is 0.219 e. The number of rotatable bonds is 6. The molecule has 0 fully saturated rings. The summed E-state index contributed by atoms with van der Waals surface area (Å²) in [6.07, 6.45) is 1.77. The first-order valence-electron chi connectivity index (χ1n) is 7.50. The van der Waals surface area contributed by atoms with E-state index in [1.54, 1.807) is 18.4 Å².